The van der Waals surface area contributed by atoms with Crippen molar-refractivity contribution in [3.05, 3.63) is 44.9 Å². The Kier molecular flexibility index (Phi) is 6.61. The first-order valence-electron chi connectivity index (χ1n) is 6.18. The average Bonchev–Trinajstić information content (AvgIpc) is 2.43. The van der Waals surface area contributed by atoms with Gasteiger partial charge in [0.2, 0.25) is 0 Å². The van der Waals surface area contributed by atoms with Gasteiger partial charge in [-0.3, -0.25) is 4.79 Å². The fourth-order valence-electron chi connectivity index (χ4n) is 1.63. The number of halogens is 4. The van der Waals surface area contributed by atoms with Gasteiger partial charge in [-0.25, -0.2) is 9.97 Å². The number of carbonyl (C=O) groups excluding carboxylic acids is 1. The predicted molar refractivity (Wildman–Crippen MR) is 95.8 cm³/mol. The molecule has 0 aliphatic heterocycles. The number of aromatic nitrogens is 2. The summed E-state index contributed by atoms with van der Waals surface area (Å²) >= 11 is 24.7. The first-order valence-corrected chi connectivity index (χ1v) is 8.57. The Morgan fingerprint density at radius 1 is 1.00 bits per heavy atom. The van der Waals surface area contributed by atoms with Crippen molar-refractivity contribution in [2.24, 2.45) is 0 Å². The van der Waals surface area contributed by atoms with Gasteiger partial charge in [0, 0.05) is 17.6 Å². The molecule has 0 fully saturated rings. The normalized spacial score (nSPS) is 11.9. The number of nitrogens with one attached hydrogen (secondary N) is 2. The van der Waals surface area contributed by atoms with Crippen molar-refractivity contribution in [3.8, 4) is 0 Å². The first-order chi connectivity index (χ1) is 10.9. The number of hydrogen-bond donors (Lipinski definition) is 2. The third-order valence-electron chi connectivity index (χ3n) is 2.54. The quantitative estimate of drug-likeness (QED) is 0.434. The van der Waals surface area contributed by atoms with E-state index < -0.39 is 5.37 Å². The number of likely N-dealkylation sites (N-methyl/N-ethyl adjacent to an activating group) is 1. The van der Waals surface area contributed by atoms with E-state index in [1.54, 1.807) is 24.3 Å². The van der Waals surface area contributed by atoms with Crippen LogP contribution < -0.4 is 10.6 Å². The van der Waals surface area contributed by atoms with Crippen molar-refractivity contribution in [3.63, 3.8) is 0 Å². The van der Waals surface area contributed by atoms with E-state index in [0.29, 0.717) is 10.6 Å². The lowest BCUT2D eigenvalue weighted by Crippen LogP contribution is -2.35. The van der Waals surface area contributed by atoms with Gasteiger partial charge < -0.3 is 10.6 Å². The van der Waals surface area contributed by atoms with Crippen LogP contribution in [0.3, 0.4) is 0 Å². The standard InChI is InChI=1S/C13H10Cl4N4OS/c1-18-12(22)13(19-6-2-8(14)20-9(15)3-6)23-7-4-10(16)21-11(17)5-7/h2-5,13H,1H3,(H,18,22)(H,19,20). The average molecular weight is 412 g/mol. The van der Waals surface area contributed by atoms with Gasteiger partial charge in [0.05, 0.1) is 0 Å². The topological polar surface area (TPSA) is 66.9 Å². The molecule has 2 heterocycles. The number of amides is 1. The molecule has 10 heteroatoms. The fourth-order valence-corrected chi connectivity index (χ4v) is 3.73. The fraction of sp³-hybridized carbons (Fsp3) is 0.154. The molecular formula is C13H10Cl4N4OS. The van der Waals surface area contributed by atoms with Gasteiger partial charge in [0.1, 0.15) is 20.6 Å². The summed E-state index contributed by atoms with van der Waals surface area (Å²) in [5, 5.41) is 5.87. The van der Waals surface area contributed by atoms with E-state index in [9.17, 15) is 4.79 Å². The van der Waals surface area contributed by atoms with Crippen molar-refractivity contribution in [2.45, 2.75) is 10.3 Å². The molecule has 1 amide bonds. The second-order valence-electron chi connectivity index (χ2n) is 4.21. The Labute approximate surface area is 157 Å². The predicted octanol–water partition coefficient (Wildman–Crippen LogP) is 4.37. The van der Waals surface area contributed by atoms with E-state index in [1.807, 2.05) is 0 Å². The number of carbonyl (C=O) groups is 1. The van der Waals surface area contributed by atoms with Crippen LogP contribution in [0, 0.1) is 0 Å². The Bertz CT molecular complexity index is 637. The number of hydrogen-bond acceptors (Lipinski definition) is 5. The van der Waals surface area contributed by atoms with Gasteiger partial charge in [0.15, 0.2) is 5.37 Å². The highest BCUT2D eigenvalue weighted by Crippen LogP contribution is 2.29. The number of rotatable bonds is 5. The van der Waals surface area contributed by atoms with Gasteiger partial charge in [-0.15, -0.1) is 0 Å². The molecule has 1 unspecified atom stereocenters. The summed E-state index contributed by atoms with van der Waals surface area (Å²) in [5.41, 5.74) is 0.558. The number of anilines is 1. The molecule has 0 radical (unpaired) electrons. The Hall–Kier alpha value is -0.920. The highest BCUT2D eigenvalue weighted by Gasteiger charge is 2.20. The molecule has 0 aliphatic rings. The molecule has 0 spiro atoms. The molecule has 23 heavy (non-hydrogen) atoms. The van der Waals surface area contributed by atoms with Crippen LogP contribution in [-0.2, 0) is 4.79 Å². The Balaban J connectivity index is 2.24. The first kappa shape index (κ1) is 18.4. The van der Waals surface area contributed by atoms with Gasteiger partial charge in [-0.05, 0) is 24.3 Å². The van der Waals surface area contributed by atoms with E-state index >= 15 is 0 Å². The summed E-state index contributed by atoms with van der Waals surface area (Å²) in [6, 6.07) is 6.36. The molecule has 2 rings (SSSR count). The highest BCUT2D eigenvalue weighted by molar-refractivity contribution is 8.00. The summed E-state index contributed by atoms with van der Waals surface area (Å²) in [5.74, 6) is -0.247. The summed E-state index contributed by atoms with van der Waals surface area (Å²) in [6.45, 7) is 0. The van der Waals surface area contributed by atoms with Crippen LogP contribution in [-0.4, -0.2) is 28.3 Å². The minimum absolute atomic E-state index is 0.218. The summed E-state index contributed by atoms with van der Waals surface area (Å²) < 4.78 is 0. The smallest absolute Gasteiger partial charge is 0.253 e. The van der Waals surface area contributed by atoms with Crippen LogP contribution in [0.5, 0.6) is 0 Å². The molecule has 5 nitrogen and oxygen atoms in total. The molecule has 2 aromatic rings. The molecule has 2 aromatic heterocycles. The molecule has 0 aromatic carbocycles. The van der Waals surface area contributed by atoms with Crippen molar-refractivity contribution >= 4 is 69.8 Å². The van der Waals surface area contributed by atoms with E-state index in [2.05, 4.69) is 20.6 Å². The maximum absolute atomic E-state index is 12.1. The molecule has 0 bridgehead atoms. The maximum Gasteiger partial charge on any atom is 0.253 e. The third kappa shape index (κ3) is 5.58. The zero-order valence-electron chi connectivity index (χ0n) is 11.6. The number of pyridine rings is 2. The van der Waals surface area contributed by atoms with E-state index in [1.165, 1.54) is 18.8 Å². The molecule has 0 saturated heterocycles. The molecule has 2 N–H and O–H groups in total. The molecule has 0 aliphatic carbocycles. The van der Waals surface area contributed by atoms with Gasteiger partial charge in [0.25, 0.3) is 5.91 Å². The van der Waals surface area contributed by atoms with Crippen LogP contribution in [0.4, 0.5) is 5.69 Å². The molecular weight excluding hydrogens is 402 g/mol. The lowest BCUT2D eigenvalue weighted by molar-refractivity contribution is -0.119. The molecule has 0 saturated carbocycles. The van der Waals surface area contributed by atoms with Gasteiger partial charge in [-0.2, -0.15) is 0 Å². The number of nitrogens with zero attached hydrogens (tertiary/aromatic N) is 2. The largest absolute Gasteiger partial charge is 0.365 e. The third-order valence-corrected chi connectivity index (χ3v) is 4.39. The number of thioether (sulfide) groups is 1. The van der Waals surface area contributed by atoms with Crippen LogP contribution >= 0.6 is 58.2 Å². The van der Waals surface area contributed by atoms with Crippen molar-refractivity contribution < 1.29 is 4.79 Å². The SMILES string of the molecule is CNC(=O)C(Nc1cc(Cl)nc(Cl)c1)Sc1cc(Cl)nc(Cl)c1. The lowest BCUT2D eigenvalue weighted by atomic mass is 10.4. The Morgan fingerprint density at radius 3 is 1.96 bits per heavy atom. The monoisotopic (exact) mass is 410 g/mol. The molecule has 122 valence electrons. The minimum atomic E-state index is -0.663. The zero-order valence-corrected chi connectivity index (χ0v) is 15.4. The van der Waals surface area contributed by atoms with Gasteiger partial charge >= 0.3 is 0 Å². The maximum atomic E-state index is 12.1. The summed E-state index contributed by atoms with van der Waals surface area (Å²) in [6.07, 6.45) is 0. The van der Waals surface area contributed by atoms with Crippen molar-refractivity contribution in [1.29, 1.82) is 0 Å². The van der Waals surface area contributed by atoms with E-state index in [0.717, 1.165) is 0 Å². The summed E-state index contributed by atoms with van der Waals surface area (Å²) in [7, 11) is 1.54. The van der Waals surface area contributed by atoms with Crippen LogP contribution in [0.25, 0.3) is 0 Å². The van der Waals surface area contributed by atoms with Crippen LogP contribution in [0.15, 0.2) is 29.2 Å². The van der Waals surface area contributed by atoms with Gasteiger partial charge in [-0.1, -0.05) is 58.2 Å². The van der Waals surface area contributed by atoms with E-state index in [-0.39, 0.29) is 26.5 Å². The Morgan fingerprint density at radius 2 is 1.48 bits per heavy atom. The van der Waals surface area contributed by atoms with E-state index in [4.69, 9.17) is 46.4 Å². The highest BCUT2D eigenvalue weighted by atomic mass is 35.5. The van der Waals surface area contributed by atoms with Crippen molar-refractivity contribution in [1.82, 2.24) is 15.3 Å². The summed E-state index contributed by atoms with van der Waals surface area (Å²) in [4.78, 5) is 20.5. The van der Waals surface area contributed by atoms with Crippen molar-refractivity contribution in [2.75, 3.05) is 12.4 Å². The zero-order chi connectivity index (χ0) is 17.0. The van der Waals surface area contributed by atoms with Crippen LogP contribution in [0.2, 0.25) is 20.6 Å². The minimum Gasteiger partial charge on any atom is -0.365 e. The second-order valence-corrected chi connectivity index (χ2v) is 6.93. The van der Waals surface area contributed by atoms with Crippen LogP contribution in [0.1, 0.15) is 0 Å². The lowest BCUT2D eigenvalue weighted by Gasteiger charge is -2.18. The second kappa shape index (κ2) is 8.26. The molecule has 1 atom stereocenters.